The van der Waals surface area contributed by atoms with Crippen LogP contribution >= 0.6 is 0 Å². The smallest absolute Gasteiger partial charge is 0.120 e. The molecule has 0 saturated carbocycles. The fraction of sp³-hybridized carbons (Fsp3) is 0.538. The fourth-order valence-electron chi connectivity index (χ4n) is 3.24. The molecule has 1 fully saturated rings. The van der Waals surface area contributed by atoms with Gasteiger partial charge in [-0.2, -0.15) is 0 Å². The molecular weight excluding hydrogens is 200 g/mol. The molecule has 2 heterocycles. The van der Waals surface area contributed by atoms with Gasteiger partial charge in [0, 0.05) is 29.9 Å². The van der Waals surface area contributed by atoms with E-state index in [2.05, 4.69) is 11.0 Å². The maximum atomic E-state index is 9.88. The largest absolute Gasteiger partial charge is 0.508 e. The molecule has 86 valence electrons. The molecule has 1 saturated heterocycles. The third-order valence-corrected chi connectivity index (χ3v) is 4.02. The number of nitrogens with two attached hydrogens (primary N) is 1. The van der Waals surface area contributed by atoms with Crippen molar-refractivity contribution >= 4 is 5.69 Å². The summed E-state index contributed by atoms with van der Waals surface area (Å²) in [4.78, 5) is 2.44. The third kappa shape index (κ3) is 1.31. The van der Waals surface area contributed by atoms with E-state index in [1.807, 2.05) is 6.07 Å². The van der Waals surface area contributed by atoms with E-state index in [1.54, 1.807) is 6.07 Å². The topological polar surface area (TPSA) is 49.5 Å². The monoisotopic (exact) mass is 218 g/mol. The number of aromatic hydroxyl groups is 1. The minimum Gasteiger partial charge on any atom is -0.508 e. The maximum absolute atomic E-state index is 9.88. The number of phenolic OH excluding ortho intramolecular Hbond substituents is 1. The highest BCUT2D eigenvalue weighted by Crippen LogP contribution is 2.41. The van der Waals surface area contributed by atoms with E-state index in [0.717, 1.165) is 18.4 Å². The van der Waals surface area contributed by atoms with Crippen LogP contribution in [-0.2, 0) is 6.42 Å². The van der Waals surface area contributed by atoms with Crippen LogP contribution < -0.4 is 10.6 Å². The Bertz CT molecular complexity index is 405. The van der Waals surface area contributed by atoms with E-state index in [-0.39, 0.29) is 0 Å². The minimum atomic E-state index is 0.443. The average molecular weight is 218 g/mol. The Morgan fingerprint density at radius 2 is 2.19 bits per heavy atom. The second-order valence-corrected chi connectivity index (χ2v) is 4.84. The van der Waals surface area contributed by atoms with Gasteiger partial charge in [0.05, 0.1) is 0 Å². The van der Waals surface area contributed by atoms with Crippen molar-refractivity contribution in [1.29, 1.82) is 0 Å². The number of anilines is 1. The van der Waals surface area contributed by atoms with Crippen LogP contribution in [0.4, 0.5) is 5.69 Å². The van der Waals surface area contributed by atoms with Gasteiger partial charge in [0.1, 0.15) is 5.75 Å². The van der Waals surface area contributed by atoms with Gasteiger partial charge in [-0.15, -0.1) is 0 Å². The van der Waals surface area contributed by atoms with Gasteiger partial charge in [0.25, 0.3) is 0 Å². The van der Waals surface area contributed by atoms with Gasteiger partial charge >= 0.3 is 0 Å². The Hall–Kier alpha value is -1.22. The average Bonchev–Trinajstić information content (AvgIpc) is 2.72. The molecule has 0 aliphatic carbocycles. The summed E-state index contributed by atoms with van der Waals surface area (Å²) in [6.07, 6.45) is 4.59. The van der Waals surface area contributed by atoms with Crippen molar-refractivity contribution in [3.8, 4) is 5.75 Å². The highest BCUT2D eigenvalue weighted by atomic mass is 16.3. The van der Waals surface area contributed by atoms with Crippen molar-refractivity contribution in [2.75, 3.05) is 11.4 Å². The molecule has 3 nitrogen and oxygen atoms in total. The van der Waals surface area contributed by atoms with Crippen LogP contribution in [0.3, 0.4) is 0 Å². The SMILES string of the molecule is NCC1CCC2CCc3c(O)cccc3N12. The van der Waals surface area contributed by atoms with Gasteiger partial charge in [-0.3, -0.25) is 0 Å². The van der Waals surface area contributed by atoms with E-state index in [1.165, 1.54) is 18.5 Å². The van der Waals surface area contributed by atoms with Crippen LogP contribution in [0.2, 0.25) is 0 Å². The Balaban J connectivity index is 2.06. The van der Waals surface area contributed by atoms with E-state index in [0.29, 0.717) is 24.4 Å². The van der Waals surface area contributed by atoms with Gasteiger partial charge in [0.15, 0.2) is 0 Å². The molecular formula is C13H18N2O. The molecule has 1 aromatic carbocycles. The summed E-state index contributed by atoms with van der Waals surface area (Å²) in [5, 5.41) is 9.88. The summed E-state index contributed by atoms with van der Waals surface area (Å²) in [6.45, 7) is 0.714. The summed E-state index contributed by atoms with van der Waals surface area (Å²) in [7, 11) is 0. The predicted molar refractivity (Wildman–Crippen MR) is 64.8 cm³/mol. The molecule has 2 aliphatic rings. The van der Waals surface area contributed by atoms with Gasteiger partial charge in [-0.25, -0.2) is 0 Å². The van der Waals surface area contributed by atoms with Crippen LogP contribution in [-0.4, -0.2) is 23.7 Å². The van der Waals surface area contributed by atoms with Crippen molar-refractivity contribution in [3.05, 3.63) is 23.8 Å². The summed E-state index contributed by atoms with van der Waals surface area (Å²) < 4.78 is 0. The lowest BCUT2D eigenvalue weighted by atomic mass is 9.95. The highest BCUT2D eigenvalue weighted by Gasteiger charge is 2.36. The maximum Gasteiger partial charge on any atom is 0.120 e. The van der Waals surface area contributed by atoms with Crippen LogP contribution in [0.5, 0.6) is 5.75 Å². The lowest BCUT2D eigenvalue weighted by Crippen LogP contribution is -2.43. The summed E-state index contributed by atoms with van der Waals surface area (Å²) in [5.74, 6) is 0.443. The van der Waals surface area contributed by atoms with Crippen LogP contribution in [0, 0.1) is 0 Å². The molecule has 3 N–H and O–H groups in total. The molecule has 3 rings (SSSR count). The van der Waals surface area contributed by atoms with E-state index >= 15 is 0 Å². The summed E-state index contributed by atoms with van der Waals surface area (Å²) >= 11 is 0. The molecule has 2 atom stereocenters. The molecule has 0 spiro atoms. The fourth-order valence-corrected chi connectivity index (χ4v) is 3.24. The summed E-state index contributed by atoms with van der Waals surface area (Å²) in [5.41, 5.74) is 8.15. The van der Waals surface area contributed by atoms with Crippen molar-refractivity contribution in [2.45, 2.75) is 37.8 Å². The lowest BCUT2D eigenvalue weighted by Gasteiger charge is -2.37. The first kappa shape index (κ1) is 9.97. The zero-order chi connectivity index (χ0) is 11.1. The highest BCUT2D eigenvalue weighted by molar-refractivity contribution is 5.62. The van der Waals surface area contributed by atoms with Crippen molar-refractivity contribution in [2.24, 2.45) is 5.73 Å². The number of nitrogens with zero attached hydrogens (tertiary/aromatic N) is 1. The third-order valence-electron chi connectivity index (χ3n) is 4.02. The van der Waals surface area contributed by atoms with Gasteiger partial charge < -0.3 is 15.7 Å². The standard InChI is InChI=1S/C13H18N2O/c14-8-10-5-4-9-6-7-11-12(15(9)10)2-1-3-13(11)16/h1-3,9-10,16H,4-8,14H2. The molecule has 0 aromatic heterocycles. The van der Waals surface area contributed by atoms with E-state index < -0.39 is 0 Å². The number of hydrogen-bond acceptors (Lipinski definition) is 3. The van der Waals surface area contributed by atoms with Crippen LogP contribution in [0.25, 0.3) is 0 Å². The quantitative estimate of drug-likeness (QED) is 0.753. The lowest BCUT2D eigenvalue weighted by molar-refractivity contribution is 0.458. The Morgan fingerprint density at radius 3 is 3.00 bits per heavy atom. The first-order valence-corrected chi connectivity index (χ1v) is 6.10. The second-order valence-electron chi connectivity index (χ2n) is 4.84. The number of phenols is 1. The number of hydrogen-bond donors (Lipinski definition) is 2. The molecule has 0 amide bonds. The first-order valence-electron chi connectivity index (χ1n) is 6.10. The first-order chi connectivity index (χ1) is 7.81. The zero-order valence-electron chi connectivity index (χ0n) is 9.39. The van der Waals surface area contributed by atoms with Crippen molar-refractivity contribution in [1.82, 2.24) is 0 Å². The van der Waals surface area contributed by atoms with E-state index in [9.17, 15) is 5.11 Å². The van der Waals surface area contributed by atoms with Crippen LogP contribution in [0.1, 0.15) is 24.8 Å². The van der Waals surface area contributed by atoms with Crippen molar-refractivity contribution in [3.63, 3.8) is 0 Å². The van der Waals surface area contributed by atoms with Gasteiger partial charge in [-0.1, -0.05) is 6.07 Å². The van der Waals surface area contributed by atoms with Gasteiger partial charge in [0.2, 0.25) is 0 Å². The Kier molecular flexibility index (Phi) is 2.28. The predicted octanol–water partition coefficient (Wildman–Crippen LogP) is 1.63. The van der Waals surface area contributed by atoms with E-state index in [4.69, 9.17) is 5.73 Å². The molecule has 16 heavy (non-hydrogen) atoms. The molecule has 2 aliphatic heterocycles. The molecule has 0 radical (unpaired) electrons. The number of fused-ring (bicyclic) bond motifs is 3. The molecule has 3 heteroatoms. The zero-order valence-corrected chi connectivity index (χ0v) is 9.39. The molecule has 0 bridgehead atoms. The number of rotatable bonds is 1. The Morgan fingerprint density at radius 1 is 1.31 bits per heavy atom. The molecule has 1 aromatic rings. The second kappa shape index (κ2) is 3.67. The van der Waals surface area contributed by atoms with Gasteiger partial charge in [-0.05, 0) is 37.8 Å². The van der Waals surface area contributed by atoms with Crippen LogP contribution in [0.15, 0.2) is 18.2 Å². The Labute approximate surface area is 95.9 Å². The normalized spacial score (nSPS) is 27.7. The number of benzene rings is 1. The summed E-state index contributed by atoms with van der Waals surface area (Å²) in [6, 6.07) is 6.94. The minimum absolute atomic E-state index is 0.443. The molecule has 2 unspecified atom stereocenters. The van der Waals surface area contributed by atoms with Crippen molar-refractivity contribution < 1.29 is 5.11 Å².